The quantitative estimate of drug-likeness (QED) is 0.656. The van der Waals surface area contributed by atoms with Crippen LogP contribution in [0.4, 0.5) is 17.2 Å². The molecule has 3 aromatic rings. The molecule has 3 rings (SSSR count). The minimum Gasteiger partial charge on any atom is -0.495 e. The summed E-state index contributed by atoms with van der Waals surface area (Å²) >= 11 is 11.8. The van der Waals surface area contributed by atoms with Crippen molar-refractivity contribution in [1.82, 2.24) is 10.2 Å². The summed E-state index contributed by atoms with van der Waals surface area (Å²) in [7, 11) is 1.56. The first kappa shape index (κ1) is 18.0. The maximum atomic E-state index is 12.2. The molecule has 0 aliphatic rings. The van der Waals surface area contributed by atoms with Gasteiger partial charge in [-0.15, -0.1) is 10.2 Å². The van der Waals surface area contributed by atoms with Gasteiger partial charge < -0.3 is 15.4 Å². The van der Waals surface area contributed by atoms with Gasteiger partial charge in [0.15, 0.2) is 11.5 Å². The van der Waals surface area contributed by atoms with Crippen molar-refractivity contribution in [3.05, 3.63) is 70.3 Å². The zero-order valence-electron chi connectivity index (χ0n) is 13.7. The smallest absolute Gasteiger partial charge is 0.276 e. The van der Waals surface area contributed by atoms with Crippen molar-refractivity contribution < 1.29 is 9.53 Å². The van der Waals surface area contributed by atoms with Crippen molar-refractivity contribution in [3.8, 4) is 5.75 Å². The van der Waals surface area contributed by atoms with Crippen LogP contribution in [0.25, 0.3) is 0 Å². The molecule has 1 aromatic heterocycles. The van der Waals surface area contributed by atoms with Crippen molar-refractivity contribution in [2.45, 2.75) is 0 Å². The predicted octanol–water partition coefficient (Wildman–Crippen LogP) is 4.79. The van der Waals surface area contributed by atoms with E-state index in [9.17, 15) is 4.79 Å². The molecule has 0 saturated carbocycles. The second-order valence-electron chi connectivity index (χ2n) is 5.23. The van der Waals surface area contributed by atoms with Gasteiger partial charge >= 0.3 is 0 Å². The van der Waals surface area contributed by atoms with Gasteiger partial charge in [-0.2, -0.15) is 0 Å². The highest BCUT2D eigenvalue weighted by Gasteiger charge is 2.10. The van der Waals surface area contributed by atoms with Crippen molar-refractivity contribution in [3.63, 3.8) is 0 Å². The third-order valence-corrected chi connectivity index (χ3v) is 3.91. The fourth-order valence-corrected chi connectivity index (χ4v) is 2.46. The molecule has 0 atom stereocenters. The predicted molar refractivity (Wildman–Crippen MR) is 103 cm³/mol. The summed E-state index contributed by atoms with van der Waals surface area (Å²) in [4.78, 5) is 12.2. The Balaban J connectivity index is 1.71. The van der Waals surface area contributed by atoms with Crippen molar-refractivity contribution in [2.75, 3.05) is 17.7 Å². The molecule has 132 valence electrons. The summed E-state index contributed by atoms with van der Waals surface area (Å²) in [5, 5.41) is 14.9. The third kappa shape index (κ3) is 4.41. The number of methoxy groups -OCH3 is 1. The van der Waals surface area contributed by atoms with E-state index in [1.54, 1.807) is 61.7 Å². The summed E-state index contributed by atoms with van der Waals surface area (Å²) in [5.74, 6) is 0.695. The number of carbonyl (C=O) groups excluding carboxylic acids is 1. The first-order valence-electron chi connectivity index (χ1n) is 7.56. The van der Waals surface area contributed by atoms with Crippen molar-refractivity contribution in [1.29, 1.82) is 0 Å². The van der Waals surface area contributed by atoms with Crippen molar-refractivity contribution >= 4 is 46.3 Å². The standard InChI is InChI=1S/C18H14Cl2N4O2/c1-26-16-8-4-12(20)10-15(16)22-17-9-7-14(23-24-17)18(25)21-13-5-2-11(19)3-6-13/h2-10H,1H3,(H,21,25)(H,22,24). The maximum Gasteiger partial charge on any atom is 0.276 e. The summed E-state index contributed by atoms with van der Waals surface area (Å²) in [6.07, 6.45) is 0. The molecule has 0 bridgehead atoms. The Bertz CT molecular complexity index is 915. The lowest BCUT2D eigenvalue weighted by Gasteiger charge is -2.10. The zero-order valence-corrected chi connectivity index (χ0v) is 15.2. The molecular formula is C18H14Cl2N4O2. The van der Waals surface area contributed by atoms with E-state index in [-0.39, 0.29) is 11.6 Å². The van der Waals surface area contributed by atoms with Gasteiger partial charge in [-0.3, -0.25) is 4.79 Å². The van der Waals surface area contributed by atoms with Crippen LogP contribution in [0.1, 0.15) is 10.5 Å². The Hall–Kier alpha value is -2.83. The molecule has 0 unspecified atom stereocenters. The Labute approximate surface area is 160 Å². The number of nitrogens with zero attached hydrogens (tertiary/aromatic N) is 2. The highest BCUT2D eigenvalue weighted by Crippen LogP contribution is 2.29. The average molecular weight is 389 g/mol. The Kier molecular flexibility index (Phi) is 5.55. The van der Waals surface area contributed by atoms with E-state index >= 15 is 0 Å². The normalized spacial score (nSPS) is 10.3. The average Bonchev–Trinajstić information content (AvgIpc) is 2.64. The number of carbonyl (C=O) groups is 1. The fourth-order valence-electron chi connectivity index (χ4n) is 2.16. The summed E-state index contributed by atoms with van der Waals surface area (Å²) in [6, 6.07) is 15.2. The number of nitrogens with one attached hydrogen (secondary N) is 2. The largest absolute Gasteiger partial charge is 0.495 e. The molecule has 1 heterocycles. The molecule has 2 aromatic carbocycles. The number of benzene rings is 2. The Morgan fingerprint density at radius 2 is 1.69 bits per heavy atom. The molecule has 0 aliphatic carbocycles. The van der Waals surface area contributed by atoms with Gasteiger partial charge in [0.1, 0.15) is 5.75 Å². The number of amides is 1. The lowest BCUT2D eigenvalue weighted by molar-refractivity contribution is 0.102. The van der Waals surface area contributed by atoms with E-state index in [1.807, 2.05) is 0 Å². The molecule has 26 heavy (non-hydrogen) atoms. The van der Waals surface area contributed by atoms with Crippen LogP contribution in [0.3, 0.4) is 0 Å². The van der Waals surface area contributed by atoms with Crippen molar-refractivity contribution in [2.24, 2.45) is 0 Å². The second-order valence-corrected chi connectivity index (χ2v) is 6.11. The molecule has 6 nitrogen and oxygen atoms in total. The molecule has 0 aliphatic heterocycles. The highest BCUT2D eigenvalue weighted by atomic mass is 35.5. The number of anilines is 3. The molecule has 1 amide bonds. The first-order chi connectivity index (χ1) is 12.5. The molecule has 0 spiro atoms. The van der Waals surface area contributed by atoms with E-state index in [0.717, 1.165) is 0 Å². The van der Waals surface area contributed by atoms with Gasteiger partial charge in [0.2, 0.25) is 0 Å². The molecule has 0 saturated heterocycles. The van der Waals surface area contributed by atoms with E-state index < -0.39 is 0 Å². The maximum absolute atomic E-state index is 12.2. The number of ether oxygens (including phenoxy) is 1. The van der Waals surface area contributed by atoms with E-state index in [2.05, 4.69) is 20.8 Å². The minimum absolute atomic E-state index is 0.184. The van der Waals surface area contributed by atoms with Crippen LogP contribution < -0.4 is 15.4 Å². The third-order valence-electron chi connectivity index (χ3n) is 3.42. The fraction of sp³-hybridized carbons (Fsp3) is 0.0556. The highest BCUT2D eigenvalue weighted by molar-refractivity contribution is 6.31. The lowest BCUT2D eigenvalue weighted by Crippen LogP contribution is -2.14. The molecular weight excluding hydrogens is 375 g/mol. The summed E-state index contributed by atoms with van der Waals surface area (Å²) in [6.45, 7) is 0. The Morgan fingerprint density at radius 1 is 0.962 bits per heavy atom. The van der Waals surface area contributed by atoms with Crippen LogP contribution in [0.2, 0.25) is 10.0 Å². The van der Waals surface area contributed by atoms with Gasteiger partial charge in [-0.05, 0) is 54.6 Å². The summed E-state index contributed by atoms with van der Waals surface area (Å²) < 4.78 is 5.27. The van der Waals surface area contributed by atoms with Crippen LogP contribution in [-0.2, 0) is 0 Å². The minimum atomic E-state index is -0.369. The van der Waals surface area contributed by atoms with Gasteiger partial charge in [0.25, 0.3) is 5.91 Å². The number of rotatable bonds is 5. The number of halogens is 2. The summed E-state index contributed by atoms with van der Waals surface area (Å²) in [5.41, 5.74) is 1.45. The molecule has 2 N–H and O–H groups in total. The van der Waals surface area contributed by atoms with E-state index in [4.69, 9.17) is 27.9 Å². The zero-order chi connectivity index (χ0) is 18.5. The Morgan fingerprint density at radius 3 is 2.35 bits per heavy atom. The topological polar surface area (TPSA) is 76.1 Å². The van der Waals surface area contributed by atoms with Gasteiger partial charge in [0, 0.05) is 15.7 Å². The van der Waals surface area contributed by atoms with E-state index in [0.29, 0.717) is 33.0 Å². The van der Waals surface area contributed by atoms with Gasteiger partial charge in [-0.25, -0.2) is 0 Å². The van der Waals surface area contributed by atoms with Crippen LogP contribution in [0, 0.1) is 0 Å². The number of aromatic nitrogens is 2. The van der Waals surface area contributed by atoms with Crippen LogP contribution in [0.15, 0.2) is 54.6 Å². The lowest BCUT2D eigenvalue weighted by atomic mass is 10.3. The SMILES string of the molecule is COc1ccc(Cl)cc1Nc1ccc(C(=O)Nc2ccc(Cl)cc2)nn1. The van der Waals surface area contributed by atoms with Crippen LogP contribution in [0.5, 0.6) is 5.75 Å². The molecule has 0 radical (unpaired) electrons. The van der Waals surface area contributed by atoms with Crippen LogP contribution in [-0.4, -0.2) is 23.2 Å². The molecule has 8 heteroatoms. The van der Waals surface area contributed by atoms with Gasteiger partial charge in [-0.1, -0.05) is 23.2 Å². The molecule has 0 fully saturated rings. The van der Waals surface area contributed by atoms with Crippen LogP contribution >= 0.6 is 23.2 Å². The van der Waals surface area contributed by atoms with E-state index in [1.165, 1.54) is 0 Å². The number of hydrogen-bond acceptors (Lipinski definition) is 5. The number of hydrogen-bond donors (Lipinski definition) is 2. The van der Waals surface area contributed by atoms with Gasteiger partial charge in [0.05, 0.1) is 12.8 Å². The monoisotopic (exact) mass is 388 g/mol. The second kappa shape index (κ2) is 8.03. The first-order valence-corrected chi connectivity index (χ1v) is 8.32.